The van der Waals surface area contributed by atoms with E-state index >= 15 is 0 Å². The maximum atomic E-state index is 13.3. The molecule has 2 fully saturated rings. The molecule has 39 heavy (non-hydrogen) atoms. The van der Waals surface area contributed by atoms with Crippen LogP contribution in [0.2, 0.25) is 0 Å². The Morgan fingerprint density at radius 1 is 1.08 bits per heavy atom. The zero-order valence-electron chi connectivity index (χ0n) is 24.6. The molecule has 4 aliphatic carbocycles. The summed E-state index contributed by atoms with van der Waals surface area (Å²) in [5, 5.41) is 21.9. The van der Waals surface area contributed by atoms with Crippen LogP contribution >= 0.6 is 0 Å². The number of Topliss-reactive ketones (excluding diaryl/α,β-unsaturated/α-hetero) is 1. The number of esters is 2. The van der Waals surface area contributed by atoms with Gasteiger partial charge < -0.3 is 19.7 Å². The Kier molecular flexibility index (Phi) is 8.55. The van der Waals surface area contributed by atoms with Gasteiger partial charge in [0, 0.05) is 42.9 Å². The standard InChI is InChI=1S/C32H48O7/c1-7-8-9-10-11-12-13-14-25(35)39-32-27(30(32,5)6)23-16-22(18-33)17-31(37)24(15-19(2)28(31)36)26(23)20(3)29(32)38-21(4)34/h15-16,20,23-24,26-27,29,33,37H,7-14,17-18H2,1-6H3/t20-,23+,24-,26+,27+,29+,31+,32+/m0/s1. The number of carbonyl (C=O) groups is 3. The fraction of sp³-hybridized carbons (Fsp3) is 0.781. The first-order chi connectivity index (χ1) is 18.4. The third-order valence-electron chi connectivity index (χ3n) is 10.3. The summed E-state index contributed by atoms with van der Waals surface area (Å²) >= 11 is 0. The molecule has 2 N–H and O–H groups in total. The lowest BCUT2D eigenvalue weighted by Crippen LogP contribution is -2.56. The van der Waals surface area contributed by atoms with Crippen LogP contribution in [0.25, 0.3) is 0 Å². The molecule has 0 amide bonds. The SMILES string of the molecule is CCCCCCCCCC(=O)O[C@@]12[C@H](OC(C)=O)[C@@H](C)[C@@H]3[C@@H](C=C(CO)C[C@]4(O)C(=O)C(C)=C[C@@H]34)[C@@H]1C2(C)C. The summed E-state index contributed by atoms with van der Waals surface area (Å²) in [7, 11) is 0. The van der Waals surface area contributed by atoms with Crippen molar-refractivity contribution in [1.29, 1.82) is 0 Å². The number of aliphatic hydroxyl groups excluding tert-OH is 1. The number of ketones is 1. The molecule has 4 aliphatic rings. The molecule has 0 aromatic rings. The number of hydrogen-bond acceptors (Lipinski definition) is 7. The van der Waals surface area contributed by atoms with Gasteiger partial charge in [0.1, 0.15) is 11.7 Å². The number of aliphatic hydroxyl groups is 2. The maximum absolute atomic E-state index is 13.3. The average molecular weight is 545 g/mol. The van der Waals surface area contributed by atoms with Gasteiger partial charge >= 0.3 is 11.9 Å². The van der Waals surface area contributed by atoms with Gasteiger partial charge in [0.25, 0.3) is 0 Å². The monoisotopic (exact) mass is 544 g/mol. The zero-order chi connectivity index (χ0) is 28.8. The average Bonchev–Trinajstić information content (AvgIpc) is 3.32. The van der Waals surface area contributed by atoms with Crippen LogP contribution in [0.15, 0.2) is 23.3 Å². The Bertz CT molecular complexity index is 1040. The Hall–Kier alpha value is -1.99. The molecule has 2 saturated carbocycles. The first kappa shape index (κ1) is 30.0. The van der Waals surface area contributed by atoms with Gasteiger partial charge in [-0.1, -0.05) is 78.4 Å². The van der Waals surface area contributed by atoms with Crippen molar-refractivity contribution in [2.75, 3.05) is 6.61 Å². The van der Waals surface area contributed by atoms with Crippen molar-refractivity contribution in [3.8, 4) is 0 Å². The van der Waals surface area contributed by atoms with Crippen LogP contribution in [-0.4, -0.2) is 51.8 Å². The zero-order valence-corrected chi connectivity index (χ0v) is 24.6. The smallest absolute Gasteiger partial charge is 0.306 e. The molecule has 0 saturated heterocycles. The molecule has 0 bridgehead atoms. The first-order valence-electron chi connectivity index (χ1n) is 15.0. The van der Waals surface area contributed by atoms with Crippen molar-refractivity contribution < 1.29 is 34.1 Å². The van der Waals surface area contributed by atoms with Gasteiger partial charge in [0.2, 0.25) is 0 Å². The fourth-order valence-corrected chi connectivity index (χ4v) is 8.53. The van der Waals surface area contributed by atoms with E-state index < -0.39 is 34.6 Å². The van der Waals surface area contributed by atoms with Crippen molar-refractivity contribution in [2.45, 2.75) is 117 Å². The Labute approximate surface area is 233 Å². The molecule has 218 valence electrons. The highest BCUT2D eigenvalue weighted by Gasteiger charge is 2.85. The van der Waals surface area contributed by atoms with Crippen molar-refractivity contribution in [1.82, 2.24) is 0 Å². The molecule has 0 aromatic carbocycles. The minimum absolute atomic E-state index is 0.0665. The molecule has 4 rings (SSSR count). The largest absolute Gasteiger partial charge is 0.458 e. The predicted molar refractivity (Wildman–Crippen MR) is 147 cm³/mol. The van der Waals surface area contributed by atoms with Gasteiger partial charge in [0.05, 0.1) is 6.61 Å². The van der Waals surface area contributed by atoms with E-state index in [1.165, 1.54) is 32.6 Å². The van der Waals surface area contributed by atoms with Gasteiger partial charge in [-0.05, 0) is 36.3 Å². The van der Waals surface area contributed by atoms with Gasteiger partial charge in [0.15, 0.2) is 11.4 Å². The van der Waals surface area contributed by atoms with E-state index in [1.807, 2.05) is 19.1 Å². The Morgan fingerprint density at radius 3 is 2.33 bits per heavy atom. The molecule has 7 heteroatoms. The van der Waals surface area contributed by atoms with Crippen molar-refractivity contribution in [2.24, 2.45) is 35.0 Å². The maximum Gasteiger partial charge on any atom is 0.306 e. The molecule has 0 radical (unpaired) electrons. The summed E-state index contributed by atoms with van der Waals surface area (Å²) in [6.45, 7) is 11.1. The van der Waals surface area contributed by atoms with Gasteiger partial charge in [-0.25, -0.2) is 0 Å². The molecule has 7 nitrogen and oxygen atoms in total. The summed E-state index contributed by atoms with van der Waals surface area (Å²) < 4.78 is 12.4. The molecule has 8 atom stereocenters. The number of allylic oxidation sites excluding steroid dienone is 1. The second-order valence-corrected chi connectivity index (χ2v) is 13.2. The van der Waals surface area contributed by atoms with E-state index in [2.05, 4.69) is 20.8 Å². The van der Waals surface area contributed by atoms with Crippen LogP contribution in [0.1, 0.15) is 99.3 Å². The highest BCUT2D eigenvalue weighted by molar-refractivity contribution is 6.04. The highest BCUT2D eigenvalue weighted by atomic mass is 16.6. The molecule has 0 aliphatic heterocycles. The third-order valence-corrected chi connectivity index (χ3v) is 10.3. The van der Waals surface area contributed by atoms with Crippen LogP contribution in [0.5, 0.6) is 0 Å². The van der Waals surface area contributed by atoms with Crippen molar-refractivity contribution in [3.05, 3.63) is 23.3 Å². The summed E-state index contributed by atoms with van der Waals surface area (Å²) in [5.41, 5.74) is -2.00. The summed E-state index contributed by atoms with van der Waals surface area (Å²) in [4.78, 5) is 38.8. The lowest BCUT2D eigenvalue weighted by atomic mass is 9.62. The highest BCUT2D eigenvalue weighted by Crippen LogP contribution is 2.76. The lowest BCUT2D eigenvalue weighted by molar-refractivity contribution is -0.193. The minimum Gasteiger partial charge on any atom is -0.458 e. The molecule has 0 unspecified atom stereocenters. The Balaban J connectivity index is 1.63. The number of ether oxygens (including phenoxy) is 2. The molecule has 0 heterocycles. The second-order valence-electron chi connectivity index (χ2n) is 13.2. The van der Waals surface area contributed by atoms with Gasteiger partial charge in [-0.2, -0.15) is 0 Å². The van der Waals surface area contributed by atoms with Crippen LogP contribution < -0.4 is 0 Å². The van der Waals surface area contributed by atoms with Gasteiger partial charge in [-0.3, -0.25) is 14.4 Å². The van der Waals surface area contributed by atoms with E-state index in [0.717, 1.165) is 19.3 Å². The van der Waals surface area contributed by atoms with Crippen molar-refractivity contribution >= 4 is 17.7 Å². The summed E-state index contributed by atoms with van der Waals surface area (Å²) in [6.07, 6.45) is 11.3. The van der Waals surface area contributed by atoms with Crippen LogP contribution in [0.3, 0.4) is 0 Å². The number of hydrogen-bond donors (Lipinski definition) is 2. The second kappa shape index (κ2) is 11.1. The van der Waals surface area contributed by atoms with Crippen molar-refractivity contribution in [3.63, 3.8) is 0 Å². The topological polar surface area (TPSA) is 110 Å². The fourth-order valence-electron chi connectivity index (χ4n) is 8.53. The van der Waals surface area contributed by atoms with Crippen LogP contribution in [0, 0.1) is 35.0 Å². The summed E-state index contributed by atoms with van der Waals surface area (Å²) in [5.74, 6) is -2.39. The summed E-state index contributed by atoms with van der Waals surface area (Å²) in [6, 6.07) is 0. The lowest BCUT2D eigenvalue weighted by Gasteiger charge is -2.47. The molecule has 0 spiro atoms. The van der Waals surface area contributed by atoms with E-state index in [9.17, 15) is 24.6 Å². The normalized spacial score (nSPS) is 38.0. The van der Waals surface area contributed by atoms with E-state index in [1.54, 1.807) is 6.92 Å². The molecule has 0 aromatic heterocycles. The third kappa shape index (κ3) is 4.92. The van der Waals surface area contributed by atoms with Gasteiger partial charge in [-0.15, -0.1) is 0 Å². The number of fused-ring (bicyclic) bond motifs is 5. The quantitative estimate of drug-likeness (QED) is 0.212. The van der Waals surface area contributed by atoms with E-state index in [0.29, 0.717) is 17.6 Å². The van der Waals surface area contributed by atoms with E-state index in [-0.39, 0.29) is 48.5 Å². The first-order valence-corrected chi connectivity index (χ1v) is 15.0. The minimum atomic E-state index is -1.64. The van der Waals surface area contributed by atoms with Crippen LogP contribution in [0.4, 0.5) is 0 Å². The predicted octanol–water partition coefficient (Wildman–Crippen LogP) is 5.08. The molecular formula is C32H48O7. The number of unbranched alkanes of at least 4 members (excludes halogenated alkanes) is 6. The number of carbonyl (C=O) groups excluding carboxylic acids is 3. The molecular weight excluding hydrogens is 496 g/mol. The van der Waals surface area contributed by atoms with Crippen LogP contribution in [-0.2, 0) is 23.9 Å². The number of rotatable bonds is 11. The Morgan fingerprint density at radius 2 is 1.72 bits per heavy atom. The van der Waals surface area contributed by atoms with E-state index in [4.69, 9.17) is 9.47 Å².